The molecule has 1 saturated heterocycles. The van der Waals surface area contributed by atoms with E-state index in [4.69, 9.17) is 0 Å². The Hall–Kier alpha value is -0.970. The second kappa shape index (κ2) is 2.96. The van der Waals surface area contributed by atoms with Gasteiger partial charge in [0.2, 0.25) is 0 Å². The van der Waals surface area contributed by atoms with Crippen molar-refractivity contribution in [1.82, 2.24) is 4.90 Å². The van der Waals surface area contributed by atoms with Gasteiger partial charge in [0, 0.05) is 12.1 Å². The number of carbonyl (C=O) groups is 1. The molecule has 1 aliphatic heterocycles. The van der Waals surface area contributed by atoms with E-state index in [1.807, 2.05) is 4.90 Å². The number of hydrogen-bond donors (Lipinski definition) is 0. The first-order valence-corrected chi connectivity index (χ1v) is 3.92. The maximum atomic E-state index is 11.2. The number of likely N-dealkylation sites (tertiary alicyclic amines) is 1. The van der Waals surface area contributed by atoms with Crippen LogP contribution >= 0.6 is 0 Å². The van der Waals surface area contributed by atoms with Crippen LogP contribution in [0, 0.1) is 11.8 Å². The van der Waals surface area contributed by atoms with Gasteiger partial charge in [-0.15, -0.1) is 0 Å². The van der Waals surface area contributed by atoms with Gasteiger partial charge in [-0.3, -0.25) is 4.79 Å². The number of rotatable bonds is 0. The summed E-state index contributed by atoms with van der Waals surface area (Å²) in [4.78, 5) is 13.0. The van der Waals surface area contributed by atoms with Crippen molar-refractivity contribution in [3.8, 4) is 11.8 Å². The van der Waals surface area contributed by atoms with Crippen molar-refractivity contribution in [2.45, 2.75) is 39.3 Å². The van der Waals surface area contributed by atoms with E-state index in [1.54, 1.807) is 6.92 Å². The lowest BCUT2D eigenvalue weighted by Gasteiger charge is -2.44. The minimum Gasteiger partial charge on any atom is -0.326 e. The summed E-state index contributed by atoms with van der Waals surface area (Å²) >= 11 is 0. The van der Waals surface area contributed by atoms with Crippen LogP contribution in [0.2, 0.25) is 0 Å². The molecule has 1 fully saturated rings. The molecule has 0 saturated carbocycles. The fourth-order valence-electron chi connectivity index (χ4n) is 1.59. The number of hydrogen-bond acceptors (Lipinski definition) is 1. The predicted molar refractivity (Wildman–Crippen MR) is 43.8 cm³/mol. The minimum absolute atomic E-state index is 0.0289. The zero-order valence-corrected chi connectivity index (χ0v) is 7.22. The predicted octanol–water partition coefficient (Wildman–Crippen LogP) is 1.02. The largest absolute Gasteiger partial charge is 0.326 e. The smallest absolute Gasteiger partial charge is 0.298 e. The van der Waals surface area contributed by atoms with Crippen molar-refractivity contribution in [2.24, 2.45) is 0 Å². The van der Waals surface area contributed by atoms with Gasteiger partial charge in [0.05, 0.1) is 0 Å². The molecule has 0 radical (unpaired) electrons. The third-order valence-corrected chi connectivity index (χ3v) is 2.10. The SMILES string of the molecule is CC#CC(=O)N1C(C)CC1C. The molecule has 2 unspecified atom stereocenters. The highest BCUT2D eigenvalue weighted by Gasteiger charge is 2.34. The topological polar surface area (TPSA) is 20.3 Å². The Morgan fingerprint density at radius 1 is 1.45 bits per heavy atom. The third kappa shape index (κ3) is 1.37. The van der Waals surface area contributed by atoms with Crippen LogP contribution < -0.4 is 0 Å². The average Bonchev–Trinajstić information content (AvgIpc) is 1.87. The van der Waals surface area contributed by atoms with E-state index < -0.39 is 0 Å². The molecule has 2 atom stereocenters. The van der Waals surface area contributed by atoms with Crippen molar-refractivity contribution >= 4 is 5.91 Å². The maximum absolute atomic E-state index is 11.2. The highest BCUT2D eigenvalue weighted by atomic mass is 16.2. The molecule has 1 amide bonds. The molecule has 1 rings (SSSR count). The van der Waals surface area contributed by atoms with Crippen molar-refractivity contribution in [1.29, 1.82) is 0 Å². The van der Waals surface area contributed by atoms with Gasteiger partial charge in [0.1, 0.15) is 0 Å². The van der Waals surface area contributed by atoms with Crippen LogP contribution in [-0.4, -0.2) is 22.9 Å². The third-order valence-electron chi connectivity index (χ3n) is 2.10. The lowest BCUT2D eigenvalue weighted by atomic mass is 9.96. The van der Waals surface area contributed by atoms with Gasteiger partial charge >= 0.3 is 0 Å². The molecular formula is C9H13NO. The molecule has 0 spiro atoms. The second-order valence-electron chi connectivity index (χ2n) is 3.02. The second-order valence-corrected chi connectivity index (χ2v) is 3.02. The van der Waals surface area contributed by atoms with Crippen LogP contribution in [0.3, 0.4) is 0 Å². The molecular weight excluding hydrogens is 138 g/mol. The first kappa shape index (κ1) is 8.13. The van der Waals surface area contributed by atoms with Gasteiger partial charge in [-0.1, -0.05) is 5.92 Å². The monoisotopic (exact) mass is 151 g/mol. The normalized spacial score (nSPS) is 28.5. The molecule has 0 N–H and O–H groups in total. The molecule has 0 aliphatic carbocycles. The molecule has 0 aromatic carbocycles. The summed E-state index contributed by atoms with van der Waals surface area (Å²) < 4.78 is 0. The molecule has 1 aliphatic rings. The van der Waals surface area contributed by atoms with Crippen LogP contribution in [0.15, 0.2) is 0 Å². The summed E-state index contributed by atoms with van der Waals surface area (Å²) in [5, 5.41) is 0. The Balaban J connectivity index is 2.57. The van der Waals surface area contributed by atoms with Crippen LogP contribution in [0.5, 0.6) is 0 Å². The lowest BCUT2D eigenvalue weighted by molar-refractivity contribution is -0.136. The highest BCUT2D eigenvalue weighted by molar-refractivity contribution is 5.94. The Morgan fingerprint density at radius 2 is 2.00 bits per heavy atom. The number of amides is 1. The first-order valence-electron chi connectivity index (χ1n) is 3.92. The molecule has 1 heterocycles. The van der Waals surface area contributed by atoms with E-state index >= 15 is 0 Å². The Kier molecular flexibility index (Phi) is 2.19. The van der Waals surface area contributed by atoms with Crippen LogP contribution in [0.25, 0.3) is 0 Å². The zero-order valence-electron chi connectivity index (χ0n) is 7.22. The first-order chi connectivity index (χ1) is 5.16. The highest BCUT2D eigenvalue weighted by Crippen LogP contribution is 2.24. The van der Waals surface area contributed by atoms with Crippen molar-refractivity contribution in [3.05, 3.63) is 0 Å². The molecule has 2 nitrogen and oxygen atoms in total. The molecule has 0 bridgehead atoms. The number of nitrogens with zero attached hydrogens (tertiary/aromatic N) is 1. The van der Waals surface area contributed by atoms with Gasteiger partial charge < -0.3 is 4.90 Å². The molecule has 2 heteroatoms. The summed E-state index contributed by atoms with van der Waals surface area (Å²) in [6, 6.07) is 0.775. The summed E-state index contributed by atoms with van der Waals surface area (Å²) in [5.41, 5.74) is 0. The fraction of sp³-hybridized carbons (Fsp3) is 0.667. The van der Waals surface area contributed by atoms with Gasteiger partial charge in [-0.25, -0.2) is 0 Å². The maximum Gasteiger partial charge on any atom is 0.298 e. The minimum atomic E-state index is -0.0289. The zero-order chi connectivity index (χ0) is 8.43. The van der Waals surface area contributed by atoms with Crippen molar-refractivity contribution in [2.75, 3.05) is 0 Å². The van der Waals surface area contributed by atoms with Crippen molar-refractivity contribution in [3.63, 3.8) is 0 Å². The fourth-order valence-corrected chi connectivity index (χ4v) is 1.59. The van der Waals surface area contributed by atoms with Crippen LogP contribution in [0.4, 0.5) is 0 Å². The lowest BCUT2D eigenvalue weighted by Crippen LogP contribution is -2.55. The van der Waals surface area contributed by atoms with Crippen molar-refractivity contribution < 1.29 is 4.79 Å². The average molecular weight is 151 g/mol. The van der Waals surface area contributed by atoms with Gasteiger partial charge in [0.15, 0.2) is 0 Å². The van der Waals surface area contributed by atoms with E-state index in [2.05, 4.69) is 25.7 Å². The van der Waals surface area contributed by atoms with Crippen LogP contribution in [-0.2, 0) is 4.79 Å². The standard InChI is InChI=1S/C9H13NO/c1-4-5-9(11)10-7(2)6-8(10)3/h7-8H,6H2,1-3H3. The summed E-state index contributed by atoms with van der Waals surface area (Å²) in [6.45, 7) is 5.79. The summed E-state index contributed by atoms with van der Waals surface area (Å²) in [6.07, 6.45) is 1.11. The van der Waals surface area contributed by atoms with E-state index in [1.165, 1.54) is 0 Å². The molecule has 11 heavy (non-hydrogen) atoms. The van der Waals surface area contributed by atoms with Gasteiger partial charge in [-0.2, -0.15) is 0 Å². The quantitative estimate of drug-likeness (QED) is 0.473. The molecule has 0 aromatic heterocycles. The van der Waals surface area contributed by atoms with Crippen LogP contribution in [0.1, 0.15) is 27.2 Å². The Labute approximate surface area is 67.6 Å². The molecule has 60 valence electrons. The van der Waals surface area contributed by atoms with Gasteiger partial charge in [0.25, 0.3) is 5.91 Å². The Morgan fingerprint density at radius 3 is 2.36 bits per heavy atom. The summed E-state index contributed by atoms with van der Waals surface area (Å²) in [7, 11) is 0. The van der Waals surface area contributed by atoms with Gasteiger partial charge in [-0.05, 0) is 33.1 Å². The van der Waals surface area contributed by atoms with E-state index in [-0.39, 0.29) is 5.91 Å². The Bertz CT molecular complexity index is 215. The summed E-state index contributed by atoms with van der Waals surface area (Å²) in [5.74, 6) is 5.13. The van der Waals surface area contributed by atoms with E-state index in [9.17, 15) is 4.79 Å². The van der Waals surface area contributed by atoms with E-state index in [0.29, 0.717) is 12.1 Å². The van der Waals surface area contributed by atoms with E-state index in [0.717, 1.165) is 6.42 Å². The molecule has 0 aromatic rings. The number of carbonyl (C=O) groups excluding carboxylic acids is 1.